The SMILES string of the molecule is CN(CCc1ccccc1)c1nc(C(=O)NCc2ccccc2)cc(N2CCOCC2)n1. The molecule has 2 heterocycles. The Balaban J connectivity index is 1.52. The summed E-state index contributed by atoms with van der Waals surface area (Å²) in [5.74, 6) is 1.10. The molecular formula is C25H29N5O2. The lowest BCUT2D eigenvalue weighted by Gasteiger charge is -2.29. The number of carbonyl (C=O) groups is 1. The second-order valence-electron chi connectivity index (χ2n) is 7.84. The van der Waals surface area contributed by atoms with Crippen molar-refractivity contribution in [2.75, 3.05) is 49.7 Å². The van der Waals surface area contributed by atoms with Crippen LogP contribution in [0.3, 0.4) is 0 Å². The molecule has 1 aliphatic rings. The summed E-state index contributed by atoms with van der Waals surface area (Å²) in [5, 5.41) is 2.98. The Morgan fingerprint density at radius 2 is 1.66 bits per heavy atom. The van der Waals surface area contributed by atoms with Gasteiger partial charge in [0.05, 0.1) is 13.2 Å². The minimum absolute atomic E-state index is 0.205. The number of benzene rings is 2. The third kappa shape index (κ3) is 5.82. The van der Waals surface area contributed by atoms with Gasteiger partial charge < -0.3 is 19.9 Å². The third-order valence-corrected chi connectivity index (χ3v) is 5.48. The summed E-state index contributed by atoms with van der Waals surface area (Å²) in [6, 6.07) is 22.0. The number of morpholine rings is 1. The second kappa shape index (κ2) is 10.7. The van der Waals surface area contributed by atoms with Crippen LogP contribution in [0.4, 0.5) is 11.8 Å². The molecule has 1 saturated heterocycles. The van der Waals surface area contributed by atoms with Gasteiger partial charge in [-0.05, 0) is 17.5 Å². The van der Waals surface area contributed by atoms with Crippen LogP contribution in [0.5, 0.6) is 0 Å². The number of aromatic nitrogens is 2. The van der Waals surface area contributed by atoms with Gasteiger partial charge in [-0.2, -0.15) is 4.98 Å². The normalized spacial score (nSPS) is 13.6. The van der Waals surface area contributed by atoms with E-state index in [0.717, 1.165) is 37.4 Å². The molecule has 0 spiro atoms. The van der Waals surface area contributed by atoms with Crippen LogP contribution in [0.25, 0.3) is 0 Å². The predicted octanol–water partition coefficient (Wildman–Crippen LogP) is 2.92. The highest BCUT2D eigenvalue weighted by molar-refractivity contribution is 5.93. The van der Waals surface area contributed by atoms with E-state index >= 15 is 0 Å². The number of nitrogens with zero attached hydrogens (tertiary/aromatic N) is 4. The first-order chi connectivity index (χ1) is 15.7. The monoisotopic (exact) mass is 431 g/mol. The Hall–Kier alpha value is -3.45. The highest BCUT2D eigenvalue weighted by Gasteiger charge is 2.19. The van der Waals surface area contributed by atoms with E-state index in [2.05, 4.69) is 27.3 Å². The highest BCUT2D eigenvalue weighted by Crippen LogP contribution is 2.19. The molecule has 1 aromatic heterocycles. The van der Waals surface area contributed by atoms with Crippen molar-refractivity contribution in [2.45, 2.75) is 13.0 Å². The number of carbonyl (C=O) groups excluding carboxylic acids is 1. The van der Waals surface area contributed by atoms with E-state index in [1.807, 2.05) is 60.5 Å². The standard InChI is InChI=1S/C25H29N5O2/c1-29(13-12-20-8-4-2-5-9-20)25-27-22(18-23(28-25)30-14-16-32-17-15-30)24(31)26-19-21-10-6-3-7-11-21/h2-11,18H,12-17,19H2,1H3,(H,26,31). The van der Waals surface area contributed by atoms with Gasteiger partial charge in [-0.15, -0.1) is 0 Å². The smallest absolute Gasteiger partial charge is 0.270 e. The summed E-state index contributed by atoms with van der Waals surface area (Å²) in [5.41, 5.74) is 2.67. The molecule has 1 fully saturated rings. The summed E-state index contributed by atoms with van der Waals surface area (Å²) < 4.78 is 5.48. The summed E-state index contributed by atoms with van der Waals surface area (Å²) in [7, 11) is 1.97. The van der Waals surface area contributed by atoms with Crippen LogP contribution in [-0.2, 0) is 17.7 Å². The second-order valence-corrected chi connectivity index (χ2v) is 7.84. The average molecular weight is 432 g/mol. The molecule has 0 atom stereocenters. The van der Waals surface area contributed by atoms with Crippen molar-refractivity contribution in [3.05, 3.63) is 83.6 Å². The van der Waals surface area contributed by atoms with Gasteiger partial charge in [0, 0.05) is 39.3 Å². The molecule has 0 aliphatic carbocycles. The summed E-state index contributed by atoms with van der Waals surface area (Å²) in [6.07, 6.45) is 0.873. The number of nitrogens with one attached hydrogen (secondary N) is 1. The van der Waals surface area contributed by atoms with Crippen LogP contribution in [0.15, 0.2) is 66.7 Å². The fourth-order valence-corrected chi connectivity index (χ4v) is 3.57. The van der Waals surface area contributed by atoms with Crippen molar-refractivity contribution >= 4 is 17.7 Å². The largest absolute Gasteiger partial charge is 0.378 e. The first-order valence-electron chi connectivity index (χ1n) is 11.0. The molecule has 7 nitrogen and oxygen atoms in total. The lowest BCUT2D eigenvalue weighted by molar-refractivity contribution is 0.0945. The highest BCUT2D eigenvalue weighted by atomic mass is 16.5. The minimum Gasteiger partial charge on any atom is -0.378 e. The number of hydrogen-bond donors (Lipinski definition) is 1. The van der Waals surface area contributed by atoms with Crippen LogP contribution in [0.2, 0.25) is 0 Å². The molecule has 0 unspecified atom stereocenters. The Labute approximate surface area is 189 Å². The number of hydrogen-bond acceptors (Lipinski definition) is 6. The fourth-order valence-electron chi connectivity index (χ4n) is 3.57. The lowest BCUT2D eigenvalue weighted by atomic mass is 10.1. The minimum atomic E-state index is -0.205. The molecule has 7 heteroatoms. The lowest BCUT2D eigenvalue weighted by Crippen LogP contribution is -2.37. The Bertz CT molecular complexity index is 1010. The molecule has 1 aliphatic heterocycles. The quantitative estimate of drug-likeness (QED) is 0.591. The van der Waals surface area contributed by atoms with Crippen LogP contribution in [0, 0.1) is 0 Å². The van der Waals surface area contributed by atoms with Crippen molar-refractivity contribution in [1.29, 1.82) is 0 Å². The molecule has 1 amide bonds. The predicted molar refractivity (Wildman–Crippen MR) is 126 cm³/mol. The van der Waals surface area contributed by atoms with Crippen molar-refractivity contribution in [1.82, 2.24) is 15.3 Å². The van der Waals surface area contributed by atoms with E-state index in [4.69, 9.17) is 9.72 Å². The first kappa shape index (κ1) is 21.8. The van der Waals surface area contributed by atoms with Gasteiger partial charge in [0.2, 0.25) is 5.95 Å². The maximum Gasteiger partial charge on any atom is 0.270 e. The van der Waals surface area contributed by atoms with Gasteiger partial charge in [0.15, 0.2) is 0 Å². The van der Waals surface area contributed by atoms with Crippen molar-refractivity contribution in [2.24, 2.45) is 0 Å². The van der Waals surface area contributed by atoms with Gasteiger partial charge in [-0.3, -0.25) is 4.79 Å². The topological polar surface area (TPSA) is 70.6 Å². The van der Waals surface area contributed by atoms with Crippen LogP contribution in [0.1, 0.15) is 21.6 Å². The molecule has 166 valence electrons. The molecular weight excluding hydrogens is 402 g/mol. The van der Waals surface area contributed by atoms with Gasteiger partial charge in [0.1, 0.15) is 11.5 Å². The Kier molecular flexibility index (Phi) is 7.30. The van der Waals surface area contributed by atoms with E-state index in [-0.39, 0.29) is 5.91 Å². The number of rotatable bonds is 8. The third-order valence-electron chi connectivity index (χ3n) is 5.48. The number of anilines is 2. The van der Waals surface area contributed by atoms with E-state index < -0.39 is 0 Å². The van der Waals surface area contributed by atoms with Gasteiger partial charge in [-0.1, -0.05) is 60.7 Å². The maximum absolute atomic E-state index is 12.9. The Morgan fingerprint density at radius 3 is 2.34 bits per heavy atom. The number of amides is 1. The van der Waals surface area contributed by atoms with Gasteiger partial charge >= 0.3 is 0 Å². The zero-order chi connectivity index (χ0) is 22.2. The zero-order valence-electron chi connectivity index (χ0n) is 18.4. The van der Waals surface area contributed by atoms with E-state index in [9.17, 15) is 4.79 Å². The molecule has 0 bridgehead atoms. The number of ether oxygens (including phenoxy) is 1. The molecule has 2 aromatic carbocycles. The zero-order valence-corrected chi connectivity index (χ0v) is 18.4. The molecule has 32 heavy (non-hydrogen) atoms. The molecule has 3 aromatic rings. The van der Waals surface area contributed by atoms with Gasteiger partial charge in [0.25, 0.3) is 5.91 Å². The summed E-state index contributed by atoms with van der Waals surface area (Å²) in [6.45, 7) is 4.00. The molecule has 0 saturated carbocycles. The summed E-state index contributed by atoms with van der Waals surface area (Å²) in [4.78, 5) is 26.5. The average Bonchev–Trinajstić information content (AvgIpc) is 2.87. The first-order valence-corrected chi connectivity index (χ1v) is 11.0. The van der Waals surface area contributed by atoms with Crippen molar-refractivity contribution < 1.29 is 9.53 Å². The van der Waals surface area contributed by atoms with Crippen LogP contribution in [-0.4, -0.2) is 55.8 Å². The fraction of sp³-hybridized carbons (Fsp3) is 0.320. The molecule has 0 radical (unpaired) electrons. The summed E-state index contributed by atoms with van der Waals surface area (Å²) >= 11 is 0. The molecule has 4 rings (SSSR count). The maximum atomic E-state index is 12.9. The van der Waals surface area contributed by atoms with Crippen molar-refractivity contribution in [3.63, 3.8) is 0 Å². The van der Waals surface area contributed by atoms with Crippen molar-refractivity contribution in [3.8, 4) is 0 Å². The van der Waals surface area contributed by atoms with Crippen LogP contribution < -0.4 is 15.1 Å². The van der Waals surface area contributed by atoms with Gasteiger partial charge in [-0.25, -0.2) is 4.98 Å². The number of likely N-dealkylation sites (N-methyl/N-ethyl adjacent to an activating group) is 1. The van der Waals surface area contributed by atoms with Crippen LogP contribution >= 0.6 is 0 Å². The van der Waals surface area contributed by atoms with E-state index in [0.29, 0.717) is 31.4 Å². The van der Waals surface area contributed by atoms with E-state index in [1.165, 1.54) is 5.56 Å². The Morgan fingerprint density at radius 1 is 1.00 bits per heavy atom. The molecule has 1 N–H and O–H groups in total. The van der Waals surface area contributed by atoms with E-state index in [1.54, 1.807) is 6.07 Å².